The summed E-state index contributed by atoms with van der Waals surface area (Å²) in [5, 5.41) is 6.75. The van der Waals surface area contributed by atoms with Gasteiger partial charge in [-0.25, -0.2) is 0 Å². The Kier molecular flexibility index (Phi) is 5.34. The summed E-state index contributed by atoms with van der Waals surface area (Å²) in [6.07, 6.45) is 0.918. The molecule has 1 rings (SSSR count). The summed E-state index contributed by atoms with van der Waals surface area (Å²) in [5.41, 5.74) is 5.43. The lowest BCUT2D eigenvalue weighted by Crippen LogP contribution is -2.17. The quantitative estimate of drug-likeness (QED) is 0.789. The Labute approximate surface area is 99.1 Å². The minimum atomic E-state index is -0.0674. The number of anilines is 1. The van der Waals surface area contributed by atoms with Crippen LogP contribution in [0.2, 0.25) is 0 Å². The molecule has 1 heterocycles. The van der Waals surface area contributed by atoms with Gasteiger partial charge in [-0.05, 0) is 19.9 Å². The summed E-state index contributed by atoms with van der Waals surface area (Å²) in [7, 11) is 0. The van der Waals surface area contributed by atoms with Crippen LogP contribution in [0, 0.1) is 6.92 Å². The van der Waals surface area contributed by atoms with Crippen LogP contribution in [0.4, 0.5) is 5.82 Å². The van der Waals surface area contributed by atoms with Gasteiger partial charge in [0.2, 0.25) is 5.91 Å². The van der Waals surface area contributed by atoms with Crippen molar-refractivity contribution in [2.75, 3.05) is 17.6 Å². The number of nitrogens with zero attached hydrogens (tertiary/aromatic N) is 1. The maximum atomic E-state index is 11.5. The van der Waals surface area contributed by atoms with Gasteiger partial charge in [0, 0.05) is 11.3 Å². The molecule has 1 amide bonds. The third-order valence-corrected chi connectivity index (χ3v) is 3.20. The third kappa shape index (κ3) is 4.67. The van der Waals surface area contributed by atoms with Crippen LogP contribution in [0.25, 0.3) is 0 Å². The Bertz CT molecular complexity index is 341. The molecule has 1 unspecified atom stereocenters. The van der Waals surface area contributed by atoms with Crippen LogP contribution in [-0.4, -0.2) is 28.6 Å². The molecule has 0 aliphatic carbocycles. The van der Waals surface area contributed by atoms with Crippen molar-refractivity contribution in [2.24, 2.45) is 5.73 Å². The highest BCUT2D eigenvalue weighted by Crippen LogP contribution is 2.14. The molecule has 3 N–H and O–H groups in total. The van der Waals surface area contributed by atoms with Crippen LogP contribution in [0.1, 0.15) is 19.1 Å². The molecule has 1 aromatic rings. The number of carbonyl (C=O) groups excluding carboxylic acids is 1. The van der Waals surface area contributed by atoms with E-state index in [1.165, 1.54) is 0 Å². The number of hydrogen-bond acceptors (Lipinski definition) is 5. The molecule has 0 saturated heterocycles. The SMILES string of the molecule is Cc1cc(NC(=O)CSC(C)CCN)no1. The van der Waals surface area contributed by atoms with Gasteiger partial charge >= 0.3 is 0 Å². The molecule has 0 aliphatic heterocycles. The molecular formula is C10H17N3O2S. The number of aryl methyl sites for hydroxylation is 1. The fraction of sp³-hybridized carbons (Fsp3) is 0.600. The van der Waals surface area contributed by atoms with Gasteiger partial charge in [-0.2, -0.15) is 0 Å². The summed E-state index contributed by atoms with van der Waals surface area (Å²) in [6, 6.07) is 1.69. The monoisotopic (exact) mass is 243 g/mol. The third-order valence-electron chi connectivity index (χ3n) is 1.97. The largest absolute Gasteiger partial charge is 0.360 e. The fourth-order valence-corrected chi connectivity index (χ4v) is 1.95. The molecule has 0 aromatic carbocycles. The van der Waals surface area contributed by atoms with E-state index in [9.17, 15) is 4.79 Å². The first-order chi connectivity index (χ1) is 7.61. The number of carbonyl (C=O) groups is 1. The molecule has 0 fully saturated rings. The molecule has 0 spiro atoms. The maximum absolute atomic E-state index is 11.5. The average molecular weight is 243 g/mol. The first-order valence-corrected chi connectivity index (χ1v) is 6.21. The number of hydrogen-bond donors (Lipinski definition) is 2. The number of amides is 1. The Balaban J connectivity index is 2.26. The molecule has 0 aliphatic rings. The van der Waals surface area contributed by atoms with E-state index >= 15 is 0 Å². The van der Waals surface area contributed by atoms with Gasteiger partial charge in [0.1, 0.15) is 5.76 Å². The molecule has 6 heteroatoms. The van der Waals surface area contributed by atoms with E-state index < -0.39 is 0 Å². The number of nitrogens with one attached hydrogen (secondary N) is 1. The second-order valence-electron chi connectivity index (χ2n) is 3.57. The van der Waals surface area contributed by atoms with Crippen LogP contribution in [0.15, 0.2) is 10.6 Å². The van der Waals surface area contributed by atoms with Crippen molar-refractivity contribution in [3.05, 3.63) is 11.8 Å². The van der Waals surface area contributed by atoms with Crippen LogP contribution in [0.5, 0.6) is 0 Å². The zero-order chi connectivity index (χ0) is 12.0. The zero-order valence-electron chi connectivity index (χ0n) is 9.53. The van der Waals surface area contributed by atoms with Gasteiger partial charge in [0.05, 0.1) is 5.75 Å². The lowest BCUT2D eigenvalue weighted by molar-refractivity contribution is -0.113. The molecular weight excluding hydrogens is 226 g/mol. The van der Waals surface area contributed by atoms with Crippen molar-refractivity contribution in [3.63, 3.8) is 0 Å². The van der Waals surface area contributed by atoms with E-state index in [0.29, 0.717) is 29.1 Å². The topological polar surface area (TPSA) is 81.2 Å². The zero-order valence-corrected chi connectivity index (χ0v) is 10.3. The predicted molar refractivity (Wildman–Crippen MR) is 65.5 cm³/mol. The second-order valence-corrected chi connectivity index (χ2v) is 5.00. The van der Waals surface area contributed by atoms with E-state index in [1.807, 2.05) is 0 Å². The highest BCUT2D eigenvalue weighted by atomic mass is 32.2. The molecule has 1 aromatic heterocycles. The summed E-state index contributed by atoms with van der Waals surface area (Å²) < 4.78 is 4.84. The summed E-state index contributed by atoms with van der Waals surface area (Å²) in [5.74, 6) is 1.49. The average Bonchev–Trinajstić information content (AvgIpc) is 2.61. The van der Waals surface area contributed by atoms with E-state index in [-0.39, 0.29) is 5.91 Å². The number of thioether (sulfide) groups is 1. The molecule has 0 bridgehead atoms. The Morgan fingerprint density at radius 2 is 2.50 bits per heavy atom. The highest BCUT2D eigenvalue weighted by molar-refractivity contribution is 8.00. The van der Waals surface area contributed by atoms with Crippen LogP contribution >= 0.6 is 11.8 Å². The first kappa shape index (κ1) is 13.1. The lowest BCUT2D eigenvalue weighted by Gasteiger charge is -2.08. The number of rotatable bonds is 6. The predicted octanol–water partition coefficient (Wildman–Crippen LogP) is 1.39. The van der Waals surface area contributed by atoms with Crippen LogP contribution < -0.4 is 11.1 Å². The minimum Gasteiger partial charge on any atom is -0.360 e. The molecule has 0 saturated carbocycles. The Morgan fingerprint density at radius 3 is 3.06 bits per heavy atom. The molecule has 90 valence electrons. The number of aromatic nitrogens is 1. The van der Waals surface area contributed by atoms with E-state index in [2.05, 4.69) is 17.4 Å². The van der Waals surface area contributed by atoms with Crippen molar-refractivity contribution in [3.8, 4) is 0 Å². The Hall–Kier alpha value is -1.01. The van der Waals surface area contributed by atoms with Gasteiger partial charge < -0.3 is 15.6 Å². The van der Waals surface area contributed by atoms with Crippen molar-refractivity contribution in [2.45, 2.75) is 25.5 Å². The summed E-state index contributed by atoms with van der Waals surface area (Å²) in [6.45, 7) is 4.49. The highest BCUT2D eigenvalue weighted by Gasteiger charge is 2.08. The van der Waals surface area contributed by atoms with E-state index in [0.717, 1.165) is 6.42 Å². The van der Waals surface area contributed by atoms with Gasteiger partial charge in [-0.3, -0.25) is 4.79 Å². The van der Waals surface area contributed by atoms with Crippen molar-refractivity contribution in [1.29, 1.82) is 0 Å². The summed E-state index contributed by atoms with van der Waals surface area (Å²) >= 11 is 1.58. The minimum absolute atomic E-state index is 0.0674. The van der Waals surface area contributed by atoms with Crippen molar-refractivity contribution < 1.29 is 9.32 Å². The lowest BCUT2D eigenvalue weighted by atomic mass is 10.3. The van der Waals surface area contributed by atoms with Gasteiger partial charge in [-0.1, -0.05) is 12.1 Å². The first-order valence-electron chi connectivity index (χ1n) is 5.16. The second kappa shape index (κ2) is 6.55. The smallest absolute Gasteiger partial charge is 0.235 e. The van der Waals surface area contributed by atoms with E-state index in [4.69, 9.17) is 10.3 Å². The summed E-state index contributed by atoms with van der Waals surface area (Å²) in [4.78, 5) is 11.5. The van der Waals surface area contributed by atoms with Crippen LogP contribution in [0.3, 0.4) is 0 Å². The van der Waals surface area contributed by atoms with Crippen LogP contribution in [-0.2, 0) is 4.79 Å². The van der Waals surface area contributed by atoms with Gasteiger partial charge in [0.25, 0.3) is 0 Å². The molecule has 5 nitrogen and oxygen atoms in total. The Morgan fingerprint density at radius 1 is 1.75 bits per heavy atom. The standard InChI is InChI=1S/C10H17N3O2S/c1-7-5-9(13-15-7)12-10(14)6-16-8(2)3-4-11/h5,8H,3-4,6,11H2,1-2H3,(H,12,13,14). The fourth-order valence-electron chi connectivity index (χ4n) is 1.14. The molecule has 1 atom stereocenters. The number of nitrogens with two attached hydrogens (primary N) is 1. The van der Waals surface area contributed by atoms with Crippen molar-refractivity contribution >= 4 is 23.5 Å². The molecule has 16 heavy (non-hydrogen) atoms. The van der Waals surface area contributed by atoms with Gasteiger partial charge in [-0.15, -0.1) is 11.8 Å². The maximum Gasteiger partial charge on any atom is 0.235 e. The molecule has 0 radical (unpaired) electrons. The van der Waals surface area contributed by atoms with E-state index in [1.54, 1.807) is 24.8 Å². The van der Waals surface area contributed by atoms with Crippen molar-refractivity contribution in [1.82, 2.24) is 5.16 Å². The normalized spacial score (nSPS) is 12.4. The van der Waals surface area contributed by atoms with Gasteiger partial charge in [0.15, 0.2) is 5.82 Å².